The van der Waals surface area contributed by atoms with E-state index in [9.17, 15) is 5.11 Å². The maximum Gasteiger partial charge on any atom is 0.165 e. The molecule has 0 spiro atoms. The number of nitrogens with zero attached hydrogens (tertiary/aromatic N) is 2. The molecule has 2 heterocycles. The summed E-state index contributed by atoms with van der Waals surface area (Å²) in [6, 6.07) is 22.3. The lowest BCUT2D eigenvalue weighted by molar-refractivity contribution is 0.477. The lowest BCUT2D eigenvalue weighted by Crippen LogP contribution is -2.23. The summed E-state index contributed by atoms with van der Waals surface area (Å²) < 4.78 is 0. The van der Waals surface area contributed by atoms with Crippen molar-refractivity contribution in [3.63, 3.8) is 0 Å². The summed E-state index contributed by atoms with van der Waals surface area (Å²) in [5.74, 6) is 1.51. The minimum atomic E-state index is 0.176. The molecule has 5 nitrogen and oxygen atoms in total. The third kappa shape index (κ3) is 3.60. The largest absolute Gasteiger partial charge is 0.507 e. The van der Waals surface area contributed by atoms with Gasteiger partial charge in [-0.2, -0.15) is 0 Å². The van der Waals surface area contributed by atoms with Gasteiger partial charge in [0, 0.05) is 18.0 Å². The number of anilines is 1. The average molecular weight is 396 g/mol. The van der Waals surface area contributed by atoms with Crippen LogP contribution in [0, 0.1) is 6.92 Å². The first-order valence-electron chi connectivity index (χ1n) is 10.3. The number of phenolic OH excluding ortho intramolecular Hbond substituents is 1. The molecule has 0 unspecified atom stereocenters. The Kier molecular flexibility index (Phi) is 4.81. The van der Waals surface area contributed by atoms with Crippen LogP contribution >= 0.6 is 0 Å². The van der Waals surface area contributed by atoms with E-state index in [-0.39, 0.29) is 5.75 Å². The zero-order chi connectivity index (χ0) is 20.5. The van der Waals surface area contributed by atoms with Crippen molar-refractivity contribution in [3.8, 4) is 28.3 Å². The first kappa shape index (κ1) is 18.6. The quantitative estimate of drug-likeness (QED) is 0.464. The Balaban J connectivity index is 1.61. The van der Waals surface area contributed by atoms with Crippen molar-refractivity contribution in [1.29, 1.82) is 0 Å². The van der Waals surface area contributed by atoms with Gasteiger partial charge in [0.1, 0.15) is 11.6 Å². The lowest BCUT2D eigenvalue weighted by atomic mass is 10.0. The molecule has 0 aliphatic carbocycles. The van der Waals surface area contributed by atoms with E-state index in [1.807, 2.05) is 36.4 Å². The highest BCUT2D eigenvalue weighted by Crippen LogP contribution is 2.34. The molecule has 1 saturated heterocycles. The van der Waals surface area contributed by atoms with Crippen LogP contribution in [0.3, 0.4) is 0 Å². The van der Waals surface area contributed by atoms with Crippen molar-refractivity contribution < 1.29 is 5.11 Å². The number of nitrogens with one attached hydrogen (secondary N) is 2. The van der Waals surface area contributed by atoms with Gasteiger partial charge in [-0.15, -0.1) is 0 Å². The molecule has 1 aliphatic rings. The number of benzene rings is 3. The topological polar surface area (TPSA) is 70.1 Å². The van der Waals surface area contributed by atoms with E-state index in [1.54, 1.807) is 6.07 Å². The lowest BCUT2D eigenvalue weighted by Gasteiger charge is -2.16. The molecule has 3 N–H and O–H groups in total. The Morgan fingerprint density at radius 1 is 0.967 bits per heavy atom. The van der Waals surface area contributed by atoms with Gasteiger partial charge in [-0.1, -0.05) is 48.0 Å². The third-order valence-corrected chi connectivity index (χ3v) is 5.63. The van der Waals surface area contributed by atoms with Crippen LogP contribution in [-0.4, -0.2) is 34.2 Å². The standard InChI is InChI=1S/C25H24N4O/c1-16-6-8-17(9-7-16)18-10-11-23(30)21(14-18)25-28-22-5-3-2-4-20(22)24(29-25)27-19-12-13-26-15-19/h2-11,14,19,26,30H,12-13,15H2,1H3,(H,27,28,29)/t19-/m0/s1. The summed E-state index contributed by atoms with van der Waals surface area (Å²) in [6.45, 7) is 4.00. The number of hydrogen-bond donors (Lipinski definition) is 3. The van der Waals surface area contributed by atoms with Crippen LogP contribution in [0.4, 0.5) is 5.82 Å². The predicted molar refractivity (Wildman–Crippen MR) is 122 cm³/mol. The number of fused-ring (bicyclic) bond motifs is 1. The molecule has 1 aromatic heterocycles. The second kappa shape index (κ2) is 7.76. The molecule has 1 atom stereocenters. The second-order valence-electron chi connectivity index (χ2n) is 7.84. The molecule has 1 fully saturated rings. The summed E-state index contributed by atoms with van der Waals surface area (Å²) in [6.07, 6.45) is 1.06. The van der Waals surface area contributed by atoms with Gasteiger partial charge in [0.25, 0.3) is 0 Å². The average Bonchev–Trinajstić information content (AvgIpc) is 3.28. The van der Waals surface area contributed by atoms with Crippen LogP contribution in [0.15, 0.2) is 66.7 Å². The molecule has 0 saturated carbocycles. The molecule has 3 aromatic carbocycles. The molecule has 150 valence electrons. The fraction of sp³-hybridized carbons (Fsp3) is 0.200. The molecule has 1 aliphatic heterocycles. The van der Waals surface area contributed by atoms with E-state index < -0.39 is 0 Å². The monoisotopic (exact) mass is 396 g/mol. The Morgan fingerprint density at radius 2 is 1.77 bits per heavy atom. The van der Waals surface area contributed by atoms with E-state index >= 15 is 0 Å². The van der Waals surface area contributed by atoms with Crippen LogP contribution in [0.5, 0.6) is 5.75 Å². The molecule has 0 amide bonds. The number of aromatic nitrogens is 2. The fourth-order valence-corrected chi connectivity index (χ4v) is 3.92. The van der Waals surface area contributed by atoms with E-state index in [2.05, 4.69) is 41.8 Å². The number of aryl methyl sites for hydroxylation is 1. The zero-order valence-corrected chi connectivity index (χ0v) is 16.9. The molecule has 0 radical (unpaired) electrons. The fourth-order valence-electron chi connectivity index (χ4n) is 3.92. The summed E-state index contributed by atoms with van der Waals surface area (Å²) in [7, 11) is 0. The first-order chi connectivity index (χ1) is 14.7. The van der Waals surface area contributed by atoms with Crippen molar-refractivity contribution in [1.82, 2.24) is 15.3 Å². The summed E-state index contributed by atoms with van der Waals surface area (Å²) >= 11 is 0. The highest BCUT2D eigenvalue weighted by molar-refractivity contribution is 5.91. The van der Waals surface area contributed by atoms with Crippen LogP contribution in [0.25, 0.3) is 33.4 Å². The van der Waals surface area contributed by atoms with Crippen molar-refractivity contribution in [2.75, 3.05) is 18.4 Å². The van der Waals surface area contributed by atoms with Crippen molar-refractivity contribution in [2.24, 2.45) is 0 Å². The number of para-hydroxylation sites is 1. The SMILES string of the molecule is Cc1ccc(-c2ccc(O)c(-c3nc(N[C@H]4CCNC4)c4ccccc4n3)c2)cc1. The zero-order valence-electron chi connectivity index (χ0n) is 16.9. The molecule has 4 aromatic rings. The van der Waals surface area contributed by atoms with Gasteiger partial charge in [-0.3, -0.25) is 0 Å². The first-order valence-corrected chi connectivity index (χ1v) is 10.3. The predicted octanol–water partition coefficient (Wildman–Crippen LogP) is 4.75. The van der Waals surface area contributed by atoms with Gasteiger partial charge in [-0.25, -0.2) is 9.97 Å². The van der Waals surface area contributed by atoms with Crippen molar-refractivity contribution in [2.45, 2.75) is 19.4 Å². The Bertz CT molecular complexity index is 1200. The van der Waals surface area contributed by atoms with Crippen molar-refractivity contribution >= 4 is 16.7 Å². The van der Waals surface area contributed by atoms with Crippen molar-refractivity contribution in [3.05, 3.63) is 72.3 Å². The minimum Gasteiger partial charge on any atom is -0.507 e. The molecule has 5 heteroatoms. The smallest absolute Gasteiger partial charge is 0.165 e. The second-order valence-corrected chi connectivity index (χ2v) is 7.84. The number of hydrogen-bond acceptors (Lipinski definition) is 5. The molecule has 30 heavy (non-hydrogen) atoms. The van der Waals surface area contributed by atoms with E-state index in [0.717, 1.165) is 47.4 Å². The maximum atomic E-state index is 10.6. The van der Waals surface area contributed by atoms with Gasteiger partial charge in [0.05, 0.1) is 11.1 Å². The summed E-state index contributed by atoms with van der Waals surface area (Å²) in [5.41, 5.74) is 4.82. The van der Waals surface area contributed by atoms with Gasteiger partial charge in [0.15, 0.2) is 5.82 Å². The normalized spacial score (nSPS) is 16.1. The number of phenols is 1. The Morgan fingerprint density at radius 3 is 2.57 bits per heavy atom. The van der Waals surface area contributed by atoms with Gasteiger partial charge < -0.3 is 15.7 Å². The minimum absolute atomic E-state index is 0.176. The van der Waals surface area contributed by atoms with E-state index in [1.165, 1.54) is 5.56 Å². The van der Waals surface area contributed by atoms with Gasteiger partial charge >= 0.3 is 0 Å². The highest BCUT2D eigenvalue weighted by atomic mass is 16.3. The van der Waals surface area contributed by atoms with Gasteiger partial charge in [0.2, 0.25) is 0 Å². The van der Waals surface area contributed by atoms with E-state index in [4.69, 9.17) is 9.97 Å². The van der Waals surface area contributed by atoms with Crippen LogP contribution in [-0.2, 0) is 0 Å². The Labute approximate surface area is 175 Å². The van der Waals surface area contributed by atoms with Gasteiger partial charge in [-0.05, 0) is 55.3 Å². The Hall–Kier alpha value is -3.44. The molecular weight excluding hydrogens is 372 g/mol. The molecule has 5 rings (SSSR count). The molecule has 0 bridgehead atoms. The summed E-state index contributed by atoms with van der Waals surface area (Å²) in [4.78, 5) is 9.60. The van der Waals surface area contributed by atoms with Crippen LogP contribution in [0.1, 0.15) is 12.0 Å². The highest BCUT2D eigenvalue weighted by Gasteiger charge is 2.18. The third-order valence-electron chi connectivity index (χ3n) is 5.63. The van der Waals surface area contributed by atoms with E-state index in [0.29, 0.717) is 17.4 Å². The van der Waals surface area contributed by atoms with Crippen LogP contribution in [0.2, 0.25) is 0 Å². The number of aromatic hydroxyl groups is 1. The molecular formula is C25H24N4O. The summed E-state index contributed by atoms with van der Waals surface area (Å²) in [5, 5.41) is 18.6. The maximum absolute atomic E-state index is 10.6. The van der Waals surface area contributed by atoms with Crippen LogP contribution < -0.4 is 10.6 Å². The number of rotatable bonds is 4.